The average Bonchev–Trinajstić information content (AvgIpc) is 3.36. The lowest BCUT2D eigenvalue weighted by atomic mass is 9.65. The highest BCUT2D eigenvalue weighted by molar-refractivity contribution is 6.48. The molecule has 2 rings (SSSR count). The molecule has 0 saturated carbocycles. The van der Waals surface area contributed by atoms with Crippen molar-refractivity contribution in [2.24, 2.45) is 23.2 Å². The minimum Gasteiger partial charge on any atom is -0.454 e. The van der Waals surface area contributed by atoms with Crippen LogP contribution in [0.25, 0.3) is 0 Å². The predicted octanol–water partition coefficient (Wildman–Crippen LogP) is 1.79. The van der Waals surface area contributed by atoms with E-state index in [0.29, 0.717) is 0 Å². The molecular formula is C29H45N3O9Si. The molecule has 2 fully saturated rings. The van der Waals surface area contributed by atoms with Gasteiger partial charge in [0.05, 0.1) is 12.0 Å². The maximum Gasteiger partial charge on any atom is 0.410 e. The molecule has 2 aliphatic heterocycles. The lowest BCUT2D eigenvalue weighted by Gasteiger charge is -2.51. The molecule has 0 aromatic rings. The van der Waals surface area contributed by atoms with Crippen LogP contribution in [-0.4, -0.2) is 112 Å². The number of amides is 4. The molecule has 0 aliphatic carbocycles. The summed E-state index contributed by atoms with van der Waals surface area (Å²) < 4.78 is 16.0. The molecule has 0 N–H and O–H groups in total. The first-order valence-corrected chi connectivity index (χ1v) is 16.9. The number of ether oxygens (including phenoxy) is 2. The van der Waals surface area contributed by atoms with Crippen molar-refractivity contribution < 1.29 is 42.7 Å². The number of Topliss-reactive ketones (excluding diaryl/α,β-unsaturated/α-hetero) is 1. The fourth-order valence-corrected chi connectivity index (χ4v) is 5.94. The molecule has 2 heterocycles. The minimum absolute atomic E-state index is 0.0583. The van der Waals surface area contributed by atoms with Crippen molar-refractivity contribution in [3.8, 4) is 0 Å². The fraction of sp³-hybridized carbons (Fsp3) is 0.655. The van der Waals surface area contributed by atoms with Crippen molar-refractivity contribution in [1.82, 2.24) is 14.7 Å². The summed E-state index contributed by atoms with van der Waals surface area (Å²) in [7, 11) is 1.65. The highest BCUT2D eigenvalue weighted by Gasteiger charge is 2.58. The van der Waals surface area contributed by atoms with Crippen molar-refractivity contribution in [1.29, 1.82) is 0 Å². The quantitative estimate of drug-likeness (QED) is 0.107. The summed E-state index contributed by atoms with van der Waals surface area (Å²) in [5, 5.41) is 0. The van der Waals surface area contributed by atoms with Gasteiger partial charge in [0, 0.05) is 39.6 Å². The highest BCUT2D eigenvalue weighted by Crippen LogP contribution is 2.44. The SMILES string of the molecule is C=CCOC(=O)C(=O)N1C(=O)[C@@H]([C@@H](CO[SiH](C)C)C(C)(C)C)[C@H]1CC(=O)C1C[C@@H](C(=O)N(C)C)N(C(=O)OCC=C)C1. The summed E-state index contributed by atoms with van der Waals surface area (Å²) in [6.45, 7) is 16.8. The van der Waals surface area contributed by atoms with Crippen molar-refractivity contribution >= 4 is 44.6 Å². The fourth-order valence-electron chi connectivity index (χ4n) is 5.35. The Bertz CT molecular complexity index is 1080. The van der Waals surface area contributed by atoms with Gasteiger partial charge in [-0.2, -0.15) is 0 Å². The Balaban J connectivity index is 2.39. The molecule has 1 unspecified atom stereocenters. The number of likely N-dealkylation sites (tertiary alicyclic amines) is 2. The molecule has 0 radical (unpaired) electrons. The Hall–Kier alpha value is -3.32. The largest absolute Gasteiger partial charge is 0.454 e. The smallest absolute Gasteiger partial charge is 0.410 e. The molecule has 0 spiro atoms. The summed E-state index contributed by atoms with van der Waals surface area (Å²) in [6.07, 6.45) is 1.77. The van der Waals surface area contributed by atoms with Gasteiger partial charge in [-0.25, -0.2) is 9.59 Å². The van der Waals surface area contributed by atoms with E-state index in [1.54, 1.807) is 14.1 Å². The molecule has 0 bridgehead atoms. The van der Waals surface area contributed by atoms with Crippen LogP contribution in [0, 0.1) is 23.2 Å². The topological polar surface area (TPSA) is 140 Å². The van der Waals surface area contributed by atoms with Gasteiger partial charge in [0.25, 0.3) is 0 Å². The number of carbonyl (C=O) groups excluding carboxylic acids is 6. The van der Waals surface area contributed by atoms with E-state index in [9.17, 15) is 28.8 Å². The number of imide groups is 1. The summed E-state index contributed by atoms with van der Waals surface area (Å²) in [4.78, 5) is 81.7. The summed E-state index contributed by atoms with van der Waals surface area (Å²) in [6, 6.07) is -1.83. The zero-order valence-electron chi connectivity index (χ0n) is 25.8. The molecule has 0 aromatic heterocycles. The van der Waals surface area contributed by atoms with Crippen LogP contribution in [-0.2, 0) is 37.9 Å². The standard InChI is InChI=1S/C29H45N3O9Si/c1-10-12-39-27(37)26(36)32-20(23(25(32)35)19(29(3,4)5)17-41-42(8)9)15-22(33)18-14-21(24(34)30(6)7)31(16-18)28(38)40-13-11-2/h10-11,18-21,23,42H,1-2,12-17H2,3-9H3/t18?,19-,20-,21+,23+/m1/s1. The number of ketones is 1. The van der Waals surface area contributed by atoms with Crippen LogP contribution in [0.1, 0.15) is 33.6 Å². The van der Waals surface area contributed by atoms with Crippen LogP contribution in [0.15, 0.2) is 25.3 Å². The number of hydrogen-bond acceptors (Lipinski definition) is 9. The van der Waals surface area contributed by atoms with Crippen molar-refractivity contribution in [2.45, 2.75) is 58.8 Å². The Morgan fingerprint density at radius 1 is 1.07 bits per heavy atom. The second kappa shape index (κ2) is 14.7. The summed E-state index contributed by atoms with van der Waals surface area (Å²) >= 11 is 0. The Morgan fingerprint density at radius 2 is 1.67 bits per heavy atom. The number of esters is 1. The zero-order valence-corrected chi connectivity index (χ0v) is 26.9. The van der Waals surface area contributed by atoms with Gasteiger partial charge in [-0.15, -0.1) is 0 Å². The highest BCUT2D eigenvalue weighted by atomic mass is 28.3. The van der Waals surface area contributed by atoms with E-state index in [4.69, 9.17) is 13.9 Å². The number of nitrogens with zero attached hydrogens (tertiary/aromatic N) is 3. The zero-order chi connectivity index (χ0) is 31.9. The molecule has 13 heteroatoms. The van der Waals surface area contributed by atoms with E-state index in [1.807, 2.05) is 33.9 Å². The molecule has 0 aromatic carbocycles. The van der Waals surface area contributed by atoms with E-state index in [1.165, 1.54) is 22.0 Å². The van der Waals surface area contributed by atoms with E-state index in [0.717, 1.165) is 4.90 Å². The van der Waals surface area contributed by atoms with E-state index in [2.05, 4.69) is 13.2 Å². The van der Waals surface area contributed by atoms with Crippen LogP contribution in [0.3, 0.4) is 0 Å². The number of β-lactam (4-membered cyclic amide) rings is 1. The molecule has 234 valence electrons. The third-order valence-corrected chi connectivity index (χ3v) is 8.46. The van der Waals surface area contributed by atoms with Crippen molar-refractivity contribution in [2.75, 3.05) is 40.5 Å². The molecule has 5 atom stereocenters. The van der Waals surface area contributed by atoms with Crippen molar-refractivity contribution in [3.05, 3.63) is 25.3 Å². The monoisotopic (exact) mass is 607 g/mol. The first kappa shape index (κ1) is 34.9. The number of rotatable bonds is 12. The maximum absolute atomic E-state index is 13.7. The van der Waals surface area contributed by atoms with Crippen LogP contribution in [0.5, 0.6) is 0 Å². The molecule has 2 saturated heterocycles. The van der Waals surface area contributed by atoms with Gasteiger partial charge in [-0.1, -0.05) is 46.1 Å². The van der Waals surface area contributed by atoms with Gasteiger partial charge in [0.2, 0.25) is 11.8 Å². The van der Waals surface area contributed by atoms with E-state index >= 15 is 0 Å². The maximum atomic E-state index is 13.7. The first-order chi connectivity index (χ1) is 19.6. The van der Waals surface area contributed by atoms with Crippen LogP contribution in [0.4, 0.5) is 4.79 Å². The molecule has 4 amide bonds. The molecule has 2 aliphatic rings. The van der Waals surface area contributed by atoms with Gasteiger partial charge >= 0.3 is 18.0 Å². The lowest BCUT2D eigenvalue weighted by Crippen LogP contribution is -2.68. The third kappa shape index (κ3) is 8.15. The van der Waals surface area contributed by atoms with Crippen LogP contribution >= 0.6 is 0 Å². The minimum atomic E-state index is -1.46. The summed E-state index contributed by atoms with van der Waals surface area (Å²) in [5.41, 5.74) is -0.425. The Kier molecular flexibility index (Phi) is 12.2. The second-order valence-corrected chi connectivity index (χ2v) is 14.6. The van der Waals surface area contributed by atoms with Gasteiger partial charge in [-0.3, -0.25) is 29.0 Å². The Morgan fingerprint density at radius 3 is 2.19 bits per heavy atom. The third-order valence-electron chi connectivity index (χ3n) is 7.60. The first-order valence-electron chi connectivity index (χ1n) is 14.1. The molecular weight excluding hydrogens is 562 g/mol. The van der Waals surface area contributed by atoms with Gasteiger partial charge < -0.3 is 18.8 Å². The lowest BCUT2D eigenvalue weighted by molar-refractivity contribution is -0.181. The van der Waals surface area contributed by atoms with Crippen LogP contribution in [0.2, 0.25) is 13.1 Å². The second-order valence-electron chi connectivity index (χ2n) is 12.2. The van der Waals surface area contributed by atoms with Crippen LogP contribution < -0.4 is 0 Å². The number of hydrogen-bond donors (Lipinski definition) is 0. The van der Waals surface area contributed by atoms with E-state index < -0.39 is 62.3 Å². The van der Waals surface area contributed by atoms with E-state index in [-0.39, 0.29) is 56.8 Å². The molecule has 42 heavy (non-hydrogen) atoms. The molecule has 12 nitrogen and oxygen atoms in total. The van der Waals surface area contributed by atoms with Gasteiger partial charge in [0.1, 0.15) is 25.0 Å². The Labute approximate surface area is 249 Å². The average molecular weight is 608 g/mol. The van der Waals surface area contributed by atoms with Crippen molar-refractivity contribution in [3.63, 3.8) is 0 Å². The number of likely N-dealkylation sites (N-methyl/N-ethyl adjacent to an activating group) is 1. The normalized spacial score (nSPS) is 22.7. The number of carbonyl (C=O) groups is 6. The predicted molar refractivity (Wildman–Crippen MR) is 157 cm³/mol. The summed E-state index contributed by atoms with van der Waals surface area (Å²) in [5.74, 6) is -5.47. The van der Waals surface area contributed by atoms with Gasteiger partial charge in [-0.05, 0) is 30.8 Å². The van der Waals surface area contributed by atoms with Gasteiger partial charge in [0.15, 0.2) is 9.04 Å².